The second-order valence-electron chi connectivity index (χ2n) is 9.47. The van der Waals surface area contributed by atoms with Crippen LogP contribution >= 0.6 is 0 Å². The van der Waals surface area contributed by atoms with E-state index in [-0.39, 0.29) is 42.6 Å². The molecule has 35 heavy (non-hydrogen) atoms. The Labute approximate surface area is 203 Å². The van der Waals surface area contributed by atoms with Crippen LogP contribution in [0.25, 0.3) is 0 Å². The lowest BCUT2D eigenvalue weighted by molar-refractivity contribution is -0.137. The summed E-state index contributed by atoms with van der Waals surface area (Å²) in [5.41, 5.74) is -0.128. The highest BCUT2D eigenvalue weighted by Gasteiger charge is 2.58. The quantitative estimate of drug-likeness (QED) is 0.642. The molecule has 5 rings (SSSR count). The number of imide groups is 1. The maximum absolute atomic E-state index is 13.8. The minimum atomic E-state index is -1.27. The van der Waals surface area contributed by atoms with E-state index in [0.29, 0.717) is 43.8 Å². The van der Waals surface area contributed by atoms with Gasteiger partial charge in [-0.3, -0.25) is 19.5 Å². The first-order chi connectivity index (χ1) is 17.0. The van der Waals surface area contributed by atoms with Crippen LogP contribution in [0.3, 0.4) is 0 Å². The molecular weight excluding hydrogens is 451 g/mol. The molecule has 0 radical (unpaired) electrons. The molecule has 3 saturated heterocycles. The van der Waals surface area contributed by atoms with Crippen LogP contribution in [0.15, 0.2) is 48.7 Å². The fourth-order valence-electron chi connectivity index (χ4n) is 5.50. The van der Waals surface area contributed by atoms with Gasteiger partial charge in [0.15, 0.2) is 5.54 Å². The average Bonchev–Trinajstić information content (AvgIpc) is 3.47. The van der Waals surface area contributed by atoms with Crippen LogP contribution in [0.1, 0.15) is 36.9 Å². The number of benzene rings is 1. The lowest BCUT2D eigenvalue weighted by atomic mass is 9.75. The Morgan fingerprint density at radius 2 is 1.97 bits per heavy atom. The standard InChI is InChI=1S/C26H29FN4O4/c27-20-6-3-5-18(15-20)16-23(32)30-12-9-19(10-13-30)26(22-8-1-2-11-28-22)24(33)31(25(34)29-26)17-21-7-4-14-35-21/h1-3,5-6,8,11,15,19,21H,4,7,9-10,12-14,16-17H2,(H,29,34)/t21-,26-/m0/s1. The van der Waals surface area contributed by atoms with Crippen molar-refractivity contribution in [3.8, 4) is 0 Å². The smallest absolute Gasteiger partial charge is 0.325 e. The van der Waals surface area contributed by atoms with Crippen molar-refractivity contribution in [1.82, 2.24) is 20.1 Å². The minimum absolute atomic E-state index is 0.0808. The maximum Gasteiger partial charge on any atom is 0.325 e. The zero-order valence-corrected chi connectivity index (χ0v) is 19.5. The third-order valence-electron chi connectivity index (χ3n) is 7.32. The van der Waals surface area contributed by atoms with Gasteiger partial charge in [0, 0.05) is 31.8 Å². The van der Waals surface area contributed by atoms with Crippen molar-refractivity contribution in [2.45, 2.75) is 43.7 Å². The molecule has 4 heterocycles. The number of nitrogens with one attached hydrogen (secondary N) is 1. The van der Waals surface area contributed by atoms with Crippen molar-refractivity contribution in [3.05, 3.63) is 65.7 Å². The lowest BCUT2D eigenvalue weighted by Crippen LogP contribution is -2.55. The van der Waals surface area contributed by atoms with E-state index in [1.807, 2.05) is 6.07 Å². The van der Waals surface area contributed by atoms with E-state index < -0.39 is 11.6 Å². The van der Waals surface area contributed by atoms with Crippen molar-refractivity contribution < 1.29 is 23.5 Å². The number of ether oxygens (including phenoxy) is 1. The van der Waals surface area contributed by atoms with Crippen molar-refractivity contribution in [3.63, 3.8) is 0 Å². The summed E-state index contributed by atoms with van der Waals surface area (Å²) >= 11 is 0. The van der Waals surface area contributed by atoms with Crippen LogP contribution in [0, 0.1) is 11.7 Å². The van der Waals surface area contributed by atoms with Gasteiger partial charge in [-0.2, -0.15) is 0 Å². The van der Waals surface area contributed by atoms with Gasteiger partial charge in [0.05, 0.1) is 24.8 Å². The molecule has 2 atom stereocenters. The van der Waals surface area contributed by atoms with Crippen LogP contribution < -0.4 is 5.32 Å². The number of rotatable bonds is 6. The number of hydrogen-bond acceptors (Lipinski definition) is 5. The summed E-state index contributed by atoms with van der Waals surface area (Å²) in [5, 5.41) is 2.99. The van der Waals surface area contributed by atoms with E-state index in [1.165, 1.54) is 17.0 Å². The fourth-order valence-corrected chi connectivity index (χ4v) is 5.50. The summed E-state index contributed by atoms with van der Waals surface area (Å²) in [4.78, 5) is 47.2. The van der Waals surface area contributed by atoms with Gasteiger partial charge in [-0.15, -0.1) is 0 Å². The Balaban J connectivity index is 1.33. The van der Waals surface area contributed by atoms with Gasteiger partial charge in [0.2, 0.25) is 5.91 Å². The molecule has 8 nitrogen and oxygen atoms in total. The number of piperidine rings is 1. The van der Waals surface area contributed by atoms with E-state index >= 15 is 0 Å². The molecule has 3 fully saturated rings. The molecule has 3 aliphatic heterocycles. The zero-order valence-electron chi connectivity index (χ0n) is 19.5. The third-order valence-corrected chi connectivity index (χ3v) is 7.32. The molecular formula is C26H29FN4O4. The molecule has 184 valence electrons. The first kappa shape index (κ1) is 23.4. The van der Waals surface area contributed by atoms with Crippen LogP contribution in [0.5, 0.6) is 0 Å². The Bertz CT molecular complexity index is 1100. The van der Waals surface area contributed by atoms with Crippen LogP contribution in [0.4, 0.5) is 9.18 Å². The first-order valence-electron chi connectivity index (χ1n) is 12.2. The lowest BCUT2D eigenvalue weighted by Gasteiger charge is -2.40. The van der Waals surface area contributed by atoms with Crippen molar-refractivity contribution >= 4 is 17.8 Å². The van der Waals surface area contributed by atoms with Crippen molar-refractivity contribution in [2.75, 3.05) is 26.2 Å². The Hall–Kier alpha value is -3.33. The van der Waals surface area contributed by atoms with Gasteiger partial charge in [0.1, 0.15) is 5.82 Å². The molecule has 9 heteroatoms. The molecule has 0 aliphatic carbocycles. The van der Waals surface area contributed by atoms with E-state index in [0.717, 1.165) is 12.8 Å². The molecule has 0 spiro atoms. The van der Waals surface area contributed by atoms with E-state index in [2.05, 4.69) is 10.3 Å². The summed E-state index contributed by atoms with van der Waals surface area (Å²) in [5.74, 6) is -0.972. The number of hydrogen-bond donors (Lipinski definition) is 1. The predicted molar refractivity (Wildman–Crippen MR) is 125 cm³/mol. The van der Waals surface area contributed by atoms with Crippen LogP contribution in [-0.2, 0) is 26.3 Å². The predicted octanol–water partition coefficient (Wildman–Crippen LogP) is 2.63. The zero-order chi connectivity index (χ0) is 24.4. The normalized spacial score (nSPS) is 25.2. The summed E-state index contributed by atoms with van der Waals surface area (Å²) in [7, 11) is 0. The molecule has 1 N–H and O–H groups in total. The number of likely N-dealkylation sites (tertiary alicyclic amines) is 1. The average molecular weight is 481 g/mol. The van der Waals surface area contributed by atoms with Crippen LogP contribution in [-0.4, -0.2) is 65.0 Å². The van der Waals surface area contributed by atoms with Gasteiger partial charge >= 0.3 is 6.03 Å². The number of urea groups is 1. The second kappa shape index (κ2) is 9.73. The monoisotopic (exact) mass is 480 g/mol. The van der Waals surface area contributed by atoms with E-state index in [9.17, 15) is 18.8 Å². The molecule has 0 saturated carbocycles. The Kier molecular flexibility index (Phi) is 6.51. The van der Waals surface area contributed by atoms with Gasteiger partial charge in [-0.1, -0.05) is 18.2 Å². The van der Waals surface area contributed by atoms with Gasteiger partial charge in [0.25, 0.3) is 5.91 Å². The van der Waals surface area contributed by atoms with Gasteiger partial charge < -0.3 is 15.0 Å². The molecule has 0 bridgehead atoms. The maximum atomic E-state index is 13.8. The molecule has 4 amide bonds. The topological polar surface area (TPSA) is 91.8 Å². The molecule has 1 aromatic heterocycles. The second-order valence-corrected chi connectivity index (χ2v) is 9.47. The molecule has 2 aromatic rings. The van der Waals surface area contributed by atoms with E-state index in [1.54, 1.807) is 35.4 Å². The van der Waals surface area contributed by atoms with Crippen molar-refractivity contribution in [2.24, 2.45) is 5.92 Å². The number of halogens is 1. The fraction of sp³-hybridized carbons (Fsp3) is 0.462. The molecule has 3 aliphatic rings. The summed E-state index contributed by atoms with van der Waals surface area (Å²) in [6.45, 7) is 1.76. The summed E-state index contributed by atoms with van der Waals surface area (Å²) in [6.07, 6.45) is 4.40. The SMILES string of the molecule is O=C(Cc1cccc(F)c1)N1CCC([C@@]2(c3ccccn3)NC(=O)N(C[C@@H]3CCCO3)C2=O)CC1. The van der Waals surface area contributed by atoms with Gasteiger partial charge in [-0.25, -0.2) is 9.18 Å². The highest BCUT2D eigenvalue weighted by Crippen LogP contribution is 2.41. The summed E-state index contributed by atoms with van der Waals surface area (Å²) < 4.78 is 19.2. The summed E-state index contributed by atoms with van der Waals surface area (Å²) in [6, 6.07) is 11.0. The molecule has 1 aromatic carbocycles. The minimum Gasteiger partial charge on any atom is -0.376 e. The number of carbonyl (C=O) groups excluding carboxylic acids is 3. The van der Waals surface area contributed by atoms with E-state index in [4.69, 9.17) is 4.74 Å². The van der Waals surface area contributed by atoms with Crippen molar-refractivity contribution in [1.29, 1.82) is 0 Å². The Morgan fingerprint density at radius 1 is 1.14 bits per heavy atom. The highest BCUT2D eigenvalue weighted by atomic mass is 19.1. The molecule has 0 unspecified atom stereocenters. The number of carbonyl (C=O) groups is 3. The number of amides is 4. The first-order valence-corrected chi connectivity index (χ1v) is 12.2. The number of nitrogens with zero attached hydrogens (tertiary/aromatic N) is 3. The largest absolute Gasteiger partial charge is 0.376 e. The highest BCUT2D eigenvalue weighted by molar-refractivity contribution is 6.07. The number of pyridine rings is 1. The number of aromatic nitrogens is 1. The van der Waals surface area contributed by atoms with Crippen LogP contribution in [0.2, 0.25) is 0 Å². The third kappa shape index (κ3) is 4.52. The Morgan fingerprint density at radius 3 is 2.66 bits per heavy atom. The van der Waals surface area contributed by atoms with Gasteiger partial charge in [-0.05, 0) is 55.5 Å².